The van der Waals surface area contributed by atoms with Gasteiger partial charge in [-0.15, -0.1) is 0 Å². The molecular formula is C26H23F3N5O2S+. The number of aromatic nitrogens is 2. The molecule has 7 nitrogen and oxygen atoms in total. The normalized spacial score (nSPS) is 21.8. The Balaban J connectivity index is 1.34. The molecule has 5 rings (SSSR count). The van der Waals surface area contributed by atoms with Gasteiger partial charge in [-0.25, -0.2) is 9.97 Å². The zero-order valence-electron chi connectivity index (χ0n) is 19.5. The average Bonchev–Trinajstić information content (AvgIpc) is 3.49. The third kappa shape index (κ3) is 5.26. The Morgan fingerprint density at radius 3 is 2.62 bits per heavy atom. The summed E-state index contributed by atoms with van der Waals surface area (Å²) in [7, 11) is 0. The van der Waals surface area contributed by atoms with E-state index in [1.165, 1.54) is 24.4 Å². The summed E-state index contributed by atoms with van der Waals surface area (Å²) in [6.07, 6.45) is -2.07. The molecule has 3 aromatic rings. The first-order chi connectivity index (χ1) is 17.8. The number of nitrogens with zero attached hydrogens (tertiary/aromatic N) is 4. The Kier molecular flexibility index (Phi) is 6.79. The standard InChI is InChI=1S/C26H22F3N5O2S/c27-26(28,29)20-8-4-5-9-22(20)37(36)17-10-11-34(15-17)24-19(14-31-23(13-30)33-24)25(35)32-21-12-18(21)16-6-2-1-3-7-16/h1-9,14,17-18,21,36H,10-12,15H2/p+1. The highest BCUT2D eigenvalue weighted by Gasteiger charge is 2.46. The van der Waals surface area contributed by atoms with Crippen molar-refractivity contribution in [3.63, 3.8) is 0 Å². The van der Waals surface area contributed by atoms with Crippen molar-refractivity contribution in [2.75, 3.05) is 18.0 Å². The number of halogens is 3. The molecule has 1 aromatic heterocycles. The second-order valence-corrected chi connectivity index (χ2v) is 10.8. The summed E-state index contributed by atoms with van der Waals surface area (Å²) in [5.74, 6) is -0.0375. The van der Waals surface area contributed by atoms with Crippen molar-refractivity contribution in [2.45, 2.75) is 41.1 Å². The molecular weight excluding hydrogens is 503 g/mol. The molecule has 0 bridgehead atoms. The Morgan fingerprint density at radius 1 is 1.16 bits per heavy atom. The topological polar surface area (TPSA) is 102 Å². The van der Waals surface area contributed by atoms with E-state index < -0.39 is 28.2 Å². The van der Waals surface area contributed by atoms with E-state index in [0.717, 1.165) is 18.1 Å². The van der Waals surface area contributed by atoms with Crippen molar-refractivity contribution in [2.24, 2.45) is 0 Å². The first-order valence-electron chi connectivity index (χ1n) is 11.7. The fourth-order valence-electron chi connectivity index (χ4n) is 4.66. The minimum Gasteiger partial charge on any atom is -0.350 e. The third-order valence-electron chi connectivity index (χ3n) is 6.63. The number of rotatable bonds is 6. The maximum Gasteiger partial charge on any atom is 0.421 e. The number of carbonyl (C=O) groups excluding carboxylic acids is 1. The van der Waals surface area contributed by atoms with Crippen LogP contribution in [0.4, 0.5) is 19.0 Å². The second-order valence-electron chi connectivity index (χ2n) is 9.04. The summed E-state index contributed by atoms with van der Waals surface area (Å²) >= 11 is -1.68. The number of hydrogen-bond donors (Lipinski definition) is 2. The lowest BCUT2D eigenvalue weighted by molar-refractivity contribution is -0.139. The van der Waals surface area contributed by atoms with Gasteiger partial charge in [-0.1, -0.05) is 42.5 Å². The van der Waals surface area contributed by atoms with Crippen LogP contribution in [0, 0.1) is 11.3 Å². The molecule has 2 heterocycles. The van der Waals surface area contributed by atoms with E-state index in [-0.39, 0.29) is 46.5 Å². The van der Waals surface area contributed by atoms with Crippen LogP contribution in [0.15, 0.2) is 65.7 Å². The van der Waals surface area contributed by atoms with Gasteiger partial charge in [-0.3, -0.25) is 4.79 Å². The lowest BCUT2D eigenvalue weighted by Crippen LogP contribution is -2.32. The third-order valence-corrected chi connectivity index (χ3v) is 8.45. The van der Waals surface area contributed by atoms with Gasteiger partial charge in [-0.2, -0.15) is 23.0 Å². The van der Waals surface area contributed by atoms with Crippen molar-refractivity contribution < 1.29 is 22.5 Å². The minimum atomic E-state index is -4.58. The van der Waals surface area contributed by atoms with Crippen molar-refractivity contribution in [3.8, 4) is 6.07 Å². The van der Waals surface area contributed by atoms with Crippen molar-refractivity contribution in [1.82, 2.24) is 15.3 Å². The van der Waals surface area contributed by atoms with Gasteiger partial charge in [0.05, 0.1) is 6.54 Å². The summed E-state index contributed by atoms with van der Waals surface area (Å²) in [5.41, 5.74) is 0.470. The van der Waals surface area contributed by atoms with E-state index in [1.54, 1.807) is 4.90 Å². The number of hydrogen-bond acceptors (Lipinski definition) is 6. The Bertz CT molecular complexity index is 1350. The summed E-state index contributed by atoms with van der Waals surface area (Å²) in [4.78, 5) is 23.0. The van der Waals surface area contributed by atoms with Gasteiger partial charge in [0.2, 0.25) is 10.7 Å². The van der Waals surface area contributed by atoms with E-state index in [0.29, 0.717) is 13.0 Å². The van der Waals surface area contributed by atoms with Gasteiger partial charge in [0.25, 0.3) is 5.91 Å². The van der Waals surface area contributed by atoms with E-state index >= 15 is 0 Å². The minimum absolute atomic E-state index is 0.0353. The molecule has 1 saturated heterocycles. The zero-order valence-corrected chi connectivity index (χ0v) is 20.3. The molecule has 0 radical (unpaired) electrons. The SMILES string of the molecule is N#Cc1ncc(C(=O)NC2CC2c2ccccc2)c(N2CCC([S+](O)c3ccccc3C(F)(F)F)C2)n1. The number of anilines is 1. The number of nitriles is 1. The lowest BCUT2D eigenvalue weighted by atomic mass is 10.1. The van der Waals surface area contributed by atoms with Gasteiger partial charge in [0, 0.05) is 31.1 Å². The molecule has 2 N–H and O–H groups in total. The Labute approximate surface area is 214 Å². The molecule has 190 valence electrons. The van der Waals surface area contributed by atoms with Crippen LogP contribution in [0.5, 0.6) is 0 Å². The first-order valence-corrected chi connectivity index (χ1v) is 13.0. The highest BCUT2D eigenvalue weighted by atomic mass is 32.2. The van der Waals surface area contributed by atoms with Crippen LogP contribution in [0.2, 0.25) is 0 Å². The molecule has 4 unspecified atom stereocenters. The van der Waals surface area contributed by atoms with Crippen LogP contribution in [-0.4, -0.2) is 44.8 Å². The highest BCUT2D eigenvalue weighted by Crippen LogP contribution is 2.41. The predicted molar refractivity (Wildman–Crippen MR) is 132 cm³/mol. The monoisotopic (exact) mass is 526 g/mol. The summed E-state index contributed by atoms with van der Waals surface area (Å²) < 4.78 is 51.4. The Hall–Kier alpha value is -3.62. The molecule has 1 amide bonds. The number of benzene rings is 2. The van der Waals surface area contributed by atoms with E-state index in [4.69, 9.17) is 0 Å². The largest absolute Gasteiger partial charge is 0.421 e. The molecule has 2 fully saturated rings. The van der Waals surface area contributed by atoms with Gasteiger partial charge < -0.3 is 10.2 Å². The number of carbonyl (C=O) groups is 1. The summed E-state index contributed by atoms with van der Waals surface area (Å²) in [6, 6.07) is 16.7. The molecule has 11 heteroatoms. The first kappa shape index (κ1) is 25.0. The quantitative estimate of drug-likeness (QED) is 0.462. The molecule has 1 aliphatic heterocycles. The average molecular weight is 527 g/mol. The van der Waals surface area contributed by atoms with Crippen molar-refractivity contribution in [3.05, 3.63) is 83.3 Å². The number of alkyl halides is 3. The van der Waals surface area contributed by atoms with Gasteiger partial charge in [0.15, 0.2) is 16.4 Å². The molecule has 2 aromatic carbocycles. The number of nitrogens with one attached hydrogen (secondary N) is 1. The van der Waals surface area contributed by atoms with Gasteiger partial charge >= 0.3 is 6.18 Å². The predicted octanol–water partition coefficient (Wildman–Crippen LogP) is 4.38. The van der Waals surface area contributed by atoms with Crippen LogP contribution in [-0.2, 0) is 17.4 Å². The number of amides is 1. The Morgan fingerprint density at radius 2 is 1.89 bits per heavy atom. The van der Waals surface area contributed by atoms with E-state index in [2.05, 4.69) is 15.3 Å². The van der Waals surface area contributed by atoms with Crippen LogP contribution in [0.1, 0.15) is 46.1 Å². The molecule has 37 heavy (non-hydrogen) atoms. The smallest absolute Gasteiger partial charge is 0.350 e. The maximum atomic E-state index is 13.5. The summed E-state index contributed by atoms with van der Waals surface area (Å²) in [5, 5.41) is 11.8. The molecule has 0 spiro atoms. The lowest BCUT2D eigenvalue weighted by Gasteiger charge is -2.20. The summed E-state index contributed by atoms with van der Waals surface area (Å²) in [6.45, 7) is 0.547. The van der Waals surface area contributed by atoms with Crippen molar-refractivity contribution in [1.29, 1.82) is 5.26 Å². The van der Waals surface area contributed by atoms with Gasteiger partial charge in [-0.05, 0) is 24.1 Å². The van der Waals surface area contributed by atoms with Crippen LogP contribution in [0.25, 0.3) is 0 Å². The second kappa shape index (κ2) is 10.0. The maximum absolute atomic E-state index is 13.5. The van der Waals surface area contributed by atoms with Crippen LogP contribution in [0.3, 0.4) is 0 Å². The van der Waals surface area contributed by atoms with Crippen molar-refractivity contribution >= 4 is 22.9 Å². The fourth-order valence-corrected chi connectivity index (χ4v) is 6.30. The van der Waals surface area contributed by atoms with E-state index in [1.807, 2.05) is 36.4 Å². The van der Waals surface area contributed by atoms with Crippen LogP contribution < -0.4 is 10.2 Å². The van der Waals surface area contributed by atoms with Gasteiger partial charge in [0.1, 0.15) is 23.0 Å². The molecule has 1 aliphatic carbocycles. The molecule has 4 atom stereocenters. The van der Waals surface area contributed by atoms with Crippen LogP contribution >= 0.6 is 0 Å². The highest BCUT2D eigenvalue weighted by molar-refractivity contribution is 7.92. The molecule has 1 saturated carbocycles. The molecule has 2 aliphatic rings. The van der Waals surface area contributed by atoms with E-state index in [9.17, 15) is 27.8 Å². The fraction of sp³-hybridized carbons (Fsp3) is 0.308. The zero-order chi connectivity index (χ0) is 26.2.